The molecule has 5 nitrogen and oxygen atoms in total. The van der Waals surface area contributed by atoms with E-state index in [2.05, 4.69) is 21.2 Å². The standard InChI is InChI=1S/C5H5BrN2O3/c6-3-1-4(8(10)11)5(9)7-2-3/h1-2,5,7,9H. The fourth-order valence-electron chi connectivity index (χ4n) is 0.658. The molecular weight excluding hydrogens is 216 g/mol. The van der Waals surface area contributed by atoms with Gasteiger partial charge < -0.3 is 10.4 Å². The summed E-state index contributed by atoms with van der Waals surface area (Å²) in [4.78, 5) is 9.57. The van der Waals surface area contributed by atoms with Crippen LogP contribution in [0.25, 0.3) is 0 Å². The van der Waals surface area contributed by atoms with Crippen LogP contribution in [0.4, 0.5) is 0 Å². The molecule has 6 heteroatoms. The van der Waals surface area contributed by atoms with Gasteiger partial charge in [-0.1, -0.05) is 0 Å². The smallest absolute Gasteiger partial charge is 0.296 e. The van der Waals surface area contributed by atoms with Gasteiger partial charge in [0.1, 0.15) is 0 Å². The Morgan fingerprint density at radius 3 is 2.91 bits per heavy atom. The lowest BCUT2D eigenvalue weighted by Crippen LogP contribution is -2.31. The van der Waals surface area contributed by atoms with E-state index in [4.69, 9.17) is 5.11 Å². The molecule has 2 N–H and O–H groups in total. The molecule has 0 aromatic carbocycles. The molecule has 0 aliphatic carbocycles. The molecule has 0 saturated heterocycles. The zero-order valence-electron chi connectivity index (χ0n) is 5.32. The fourth-order valence-corrected chi connectivity index (χ4v) is 1.03. The molecule has 1 aliphatic rings. The third kappa shape index (κ3) is 1.78. The van der Waals surface area contributed by atoms with Gasteiger partial charge in [0.05, 0.1) is 4.92 Å². The molecule has 1 unspecified atom stereocenters. The lowest BCUT2D eigenvalue weighted by molar-refractivity contribution is -0.437. The molecule has 1 atom stereocenters. The topological polar surface area (TPSA) is 75.4 Å². The largest absolute Gasteiger partial charge is 0.365 e. The molecular formula is C5H5BrN2O3. The second-order valence-electron chi connectivity index (χ2n) is 1.92. The van der Waals surface area contributed by atoms with E-state index in [9.17, 15) is 10.1 Å². The average Bonchev–Trinajstić information content (AvgIpc) is 1.94. The summed E-state index contributed by atoms with van der Waals surface area (Å²) < 4.78 is 0.537. The lowest BCUT2D eigenvalue weighted by Gasteiger charge is -2.11. The van der Waals surface area contributed by atoms with Crippen molar-refractivity contribution in [1.29, 1.82) is 0 Å². The van der Waals surface area contributed by atoms with Gasteiger partial charge >= 0.3 is 0 Å². The maximum atomic E-state index is 10.2. The van der Waals surface area contributed by atoms with Crippen molar-refractivity contribution in [3.8, 4) is 0 Å². The molecule has 0 radical (unpaired) electrons. The summed E-state index contributed by atoms with van der Waals surface area (Å²) in [6, 6.07) is 0. The first-order valence-corrected chi connectivity index (χ1v) is 3.56. The second-order valence-corrected chi connectivity index (χ2v) is 2.84. The summed E-state index contributed by atoms with van der Waals surface area (Å²) in [5.41, 5.74) is -0.264. The minimum atomic E-state index is -1.22. The molecule has 0 aromatic heterocycles. The van der Waals surface area contributed by atoms with Crippen LogP contribution in [0.3, 0.4) is 0 Å². The Bertz CT molecular complexity index is 248. The van der Waals surface area contributed by atoms with Gasteiger partial charge in [0.25, 0.3) is 5.70 Å². The average molecular weight is 221 g/mol. The molecule has 11 heavy (non-hydrogen) atoms. The van der Waals surface area contributed by atoms with E-state index in [0.717, 1.165) is 0 Å². The molecule has 0 fully saturated rings. The summed E-state index contributed by atoms with van der Waals surface area (Å²) in [6.45, 7) is 0. The quantitative estimate of drug-likeness (QED) is 0.493. The number of nitrogens with one attached hydrogen (secondary N) is 1. The SMILES string of the molecule is O=[N+]([O-])C1=CC(Br)=CNC1O. The number of aliphatic hydroxyl groups is 1. The zero-order chi connectivity index (χ0) is 8.43. The van der Waals surface area contributed by atoms with E-state index < -0.39 is 11.2 Å². The van der Waals surface area contributed by atoms with Crippen LogP contribution >= 0.6 is 15.9 Å². The fraction of sp³-hybridized carbons (Fsp3) is 0.200. The van der Waals surface area contributed by atoms with Gasteiger partial charge in [-0.15, -0.1) is 0 Å². The first-order valence-electron chi connectivity index (χ1n) is 2.77. The van der Waals surface area contributed by atoms with Crippen molar-refractivity contribution in [1.82, 2.24) is 5.32 Å². The maximum Gasteiger partial charge on any atom is 0.296 e. The van der Waals surface area contributed by atoms with E-state index in [1.165, 1.54) is 12.3 Å². The van der Waals surface area contributed by atoms with E-state index in [-0.39, 0.29) is 5.70 Å². The van der Waals surface area contributed by atoms with Crippen molar-refractivity contribution in [2.75, 3.05) is 0 Å². The van der Waals surface area contributed by atoms with Gasteiger partial charge in [-0.25, -0.2) is 0 Å². The summed E-state index contributed by atoms with van der Waals surface area (Å²) in [7, 11) is 0. The van der Waals surface area contributed by atoms with Crippen molar-refractivity contribution in [3.05, 3.63) is 32.6 Å². The van der Waals surface area contributed by atoms with Crippen molar-refractivity contribution in [2.24, 2.45) is 0 Å². The van der Waals surface area contributed by atoms with E-state index in [1.807, 2.05) is 0 Å². The highest BCUT2D eigenvalue weighted by Crippen LogP contribution is 2.15. The Hall–Kier alpha value is -0.880. The molecule has 0 amide bonds. The van der Waals surface area contributed by atoms with Crippen molar-refractivity contribution in [2.45, 2.75) is 6.23 Å². The van der Waals surface area contributed by atoms with Gasteiger partial charge in [0.15, 0.2) is 0 Å². The Labute approximate surface area is 70.7 Å². The van der Waals surface area contributed by atoms with Crippen LogP contribution < -0.4 is 5.32 Å². The number of aliphatic hydroxyl groups excluding tert-OH is 1. The van der Waals surface area contributed by atoms with Crippen molar-refractivity contribution in [3.63, 3.8) is 0 Å². The molecule has 0 aromatic rings. The number of dihydropyridines is 1. The number of nitro groups is 1. The van der Waals surface area contributed by atoms with Crippen LogP contribution in [-0.4, -0.2) is 16.3 Å². The number of hydrogen-bond donors (Lipinski definition) is 2. The highest BCUT2D eigenvalue weighted by Gasteiger charge is 2.23. The Morgan fingerprint density at radius 2 is 2.45 bits per heavy atom. The highest BCUT2D eigenvalue weighted by molar-refractivity contribution is 9.11. The predicted octanol–water partition coefficient (Wildman–Crippen LogP) is 0.305. The second kappa shape index (κ2) is 3.02. The van der Waals surface area contributed by atoms with Crippen molar-refractivity contribution >= 4 is 15.9 Å². The van der Waals surface area contributed by atoms with Gasteiger partial charge in [-0.3, -0.25) is 10.1 Å². The molecule has 0 bridgehead atoms. The van der Waals surface area contributed by atoms with Crippen LogP contribution in [0.1, 0.15) is 0 Å². The van der Waals surface area contributed by atoms with E-state index in [0.29, 0.717) is 4.48 Å². The van der Waals surface area contributed by atoms with Gasteiger partial charge in [-0.05, 0) is 15.9 Å². The van der Waals surface area contributed by atoms with Gasteiger partial charge in [0, 0.05) is 16.8 Å². The van der Waals surface area contributed by atoms with Crippen LogP contribution in [0, 0.1) is 10.1 Å². The summed E-state index contributed by atoms with van der Waals surface area (Å²) in [6.07, 6.45) is 1.48. The molecule has 0 saturated carbocycles. The van der Waals surface area contributed by atoms with Crippen LogP contribution in [0.15, 0.2) is 22.5 Å². The minimum absolute atomic E-state index is 0.264. The zero-order valence-corrected chi connectivity index (χ0v) is 6.91. The number of hydrogen-bond acceptors (Lipinski definition) is 4. The molecule has 1 heterocycles. The van der Waals surface area contributed by atoms with Crippen molar-refractivity contribution < 1.29 is 10.0 Å². The summed E-state index contributed by atoms with van der Waals surface area (Å²) >= 11 is 3.03. The Balaban J connectivity index is 2.90. The molecule has 1 aliphatic heterocycles. The third-order valence-corrected chi connectivity index (χ3v) is 1.61. The summed E-state index contributed by atoms with van der Waals surface area (Å²) in [5, 5.41) is 21.6. The third-order valence-electron chi connectivity index (χ3n) is 1.16. The van der Waals surface area contributed by atoms with E-state index >= 15 is 0 Å². The number of rotatable bonds is 1. The Morgan fingerprint density at radius 1 is 1.82 bits per heavy atom. The minimum Gasteiger partial charge on any atom is -0.365 e. The van der Waals surface area contributed by atoms with E-state index in [1.54, 1.807) is 0 Å². The van der Waals surface area contributed by atoms with Crippen LogP contribution in [0.2, 0.25) is 0 Å². The lowest BCUT2D eigenvalue weighted by atomic mass is 10.3. The first-order chi connectivity index (χ1) is 5.11. The molecule has 1 rings (SSSR count). The van der Waals surface area contributed by atoms with Gasteiger partial charge in [0.2, 0.25) is 6.23 Å². The number of allylic oxidation sites excluding steroid dienone is 2. The van der Waals surface area contributed by atoms with Crippen LogP contribution in [-0.2, 0) is 0 Å². The number of nitrogens with zero attached hydrogens (tertiary/aromatic N) is 1. The van der Waals surface area contributed by atoms with Crippen LogP contribution in [0.5, 0.6) is 0 Å². The molecule has 0 spiro atoms. The summed E-state index contributed by atoms with van der Waals surface area (Å²) in [5.74, 6) is 0. The molecule has 60 valence electrons. The first kappa shape index (κ1) is 8.22. The monoisotopic (exact) mass is 220 g/mol. The Kier molecular flexibility index (Phi) is 2.25. The van der Waals surface area contributed by atoms with Gasteiger partial charge in [-0.2, -0.15) is 0 Å². The maximum absolute atomic E-state index is 10.2. The highest BCUT2D eigenvalue weighted by atomic mass is 79.9. The number of halogens is 1. The predicted molar refractivity (Wildman–Crippen MR) is 41.2 cm³/mol. The normalized spacial score (nSPS) is 23.3.